The number of nitrogens with two attached hydrogens (primary N) is 1. The van der Waals surface area contributed by atoms with Crippen molar-refractivity contribution in [2.75, 3.05) is 25.4 Å². The van der Waals surface area contributed by atoms with Gasteiger partial charge in [0.2, 0.25) is 0 Å². The third-order valence-electron chi connectivity index (χ3n) is 3.38. The van der Waals surface area contributed by atoms with Crippen LogP contribution in [0.5, 0.6) is 0 Å². The van der Waals surface area contributed by atoms with Crippen molar-refractivity contribution in [1.82, 2.24) is 9.88 Å². The molecule has 0 aliphatic carbocycles. The molecule has 90 valence electrons. The van der Waals surface area contributed by atoms with Gasteiger partial charge in [-0.3, -0.25) is 0 Å². The van der Waals surface area contributed by atoms with Crippen molar-refractivity contribution in [2.45, 2.75) is 19.3 Å². The molecule has 2 aromatic rings. The van der Waals surface area contributed by atoms with Gasteiger partial charge in [-0.1, -0.05) is 17.4 Å². The number of likely N-dealkylation sites (tertiary alicyclic amines) is 1. The van der Waals surface area contributed by atoms with Crippen LogP contribution in [0.15, 0.2) is 18.2 Å². The van der Waals surface area contributed by atoms with E-state index < -0.39 is 0 Å². The van der Waals surface area contributed by atoms with Crippen LogP contribution in [-0.2, 0) is 6.42 Å². The normalized spacial score (nSPS) is 16.9. The van der Waals surface area contributed by atoms with E-state index in [1.165, 1.54) is 42.7 Å². The fraction of sp³-hybridized carbons (Fsp3) is 0.462. The van der Waals surface area contributed by atoms with Crippen molar-refractivity contribution in [2.24, 2.45) is 0 Å². The number of anilines is 1. The number of aromatic nitrogens is 1. The molecule has 0 unspecified atom stereocenters. The minimum atomic E-state index is 0.664. The molecule has 0 saturated carbocycles. The summed E-state index contributed by atoms with van der Waals surface area (Å²) in [6.45, 7) is 3.71. The molecule has 1 aliphatic heterocycles. The lowest BCUT2D eigenvalue weighted by atomic mass is 10.1. The minimum Gasteiger partial charge on any atom is -0.375 e. The maximum atomic E-state index is 5.71. The topological polar surface area (TPSA) is 42.1 Å². The van der Waals surface area contributed by atoms with Gasteiger partial charge in [-0.05, 0) is 50.0 Å². The average Bonchev–Trinajstić information content (AvgIpc) is 2.92. The highest BCUT2D eigenvalue weighted by molar-refractivity contribution is 7.22. The van der Waals surface area contributed by atoms with Crippen LogP contribution in [0.3, 0.4) is 0 Å². The van der Waals surface area contributed by atoms with Gasteiger partial charge in [-0.25, -0.2) is 4.98 Å². The van der Waals surface area contributed by atoms with Gasteiger partial charge in [0.1, 0.15) is 0 Å². The fourth-order valence-corrected chi connectivity index (χ4v) is 3.15. The Labute approximate surface area is 105 Å². The molecule has 4 heteroatoms. The second kappa shape index (κ2) is 4.63. The van der Waals surface area contributed by atoms with E-state index in [9.17, 15) is 0 Å². The van der Waals surface area contributed by atoms with Gasteiger partial charge in [0.25, 0.3) is 0 Å². The standard InChI is InChI=1S/C13H17N3S/c14-13-15-11-9-10(3-4-12(11)17-13)5-8-16-6-1-2-7-16/h3-4,9H,1-2,5-8H2,(H2,14,15). The third-order valence-corrected chi connectivity index (χ3v) is 4.25. The molecule has 3 rings (SSSR count). The number of hydrogen-bond acceptors (Lipinski definition) is 4. The van der Waals surface area contributed by atoms with E-state index in [0.29, 0.717) is 5.13 Å². The maximum absolute atomic E-state index is 5.71. The monoisotopic (exact) mass is 247 g/mol. The average molecular weight is 247 g/mol. The number of rotatable bonds is 3. The second-order valence-electron chi connectivity index (χ2n) is 4.65. The van der Waals surface area contributed by atoms with Crippen LogP contribution >= 0.6 is 11.3 Å². The third kappa shape index (κ3) is 2.42. The Morgan fingerprint density at radius 2 is 2.12 bits per heavy atom. The summed E-state index contributed by atoms with van der Waals surface area (Å²) in [5.41, 5.74) is 8.13. The summed E-state index contributed by atoms with van der Waals surface area (Å²) in [4.78, 5) is 6.88. The molecule has 1 saturated heterocycles. The van der Waals surface area contributed by atoms with Crippen molar-refractivity contribution in [3.05, 3.63) is 23.8 Å². The van der Waals surface area contributed by atoms with E-state index >= 15 is 0 Å². The van der Waals surface area contributed by atoms with Gasteiger partial charge in [0.05, 0.1) is 10.2 Å². The zero-order valence-electron chi connectivity index (χ0n) is 9.85. The number of fused-ring (bicyclic) bond motifs is 1. The Hall–Kier alpha value is -1.13. The molecule has 1 aromatic carbocycles. The van der Waals surface area contributed by atoms with Crippen LogP contribution in [0, 0.1) is 0 Å². The van der Waals surface area contributed by atoms with Gasteiger partial charge in [0, 0.05) is 6.54 Å². The highest BCUT2D eigenvalue weighted by Gasteiger charge is 2.11. The first-order valence-electron chi connectivity index (χ1n) is 6.18. The smallest absolute Gasteiger partial charge is 0.181 e. The zero-order valence-corrected chi connectivity index (χ0v) is 10.7. The zero-order chi connectivity index (χ0) is 11.7. The SMILES string of the molecule is Nc1nc2cc(CCN3CCCC3)ccc2s1. The molecule has 17 heavy (non-hydrogen) atoms. The Morgan fingerprint density at radius 3 is 2.94 bits per heavy atom. The predicted molar refractivity (Wildman–Crippen MR) is 73.4 cm³/mol. The summed E-state index contributed by atoms with van der Waals surface area (Å²) >= 11 is 1.56. The molecule has 1 aromatic heterocycles. The van der Waals surface area contributed by atoms with E-state index in [0.717, 1.165) is 11.9 Å². The predicted octanol–water partition coefficient (Wildman–Crippen LogP) is 2.52. The van der Waals surface area contributed by atoms with Crippen molar-refractivity contribution < 1.29 is 0 Å². The molecular weight excluding hydrogens is 230 g/mol. The number of benzene rings is 1. The van der Waals surface area contributed by atoms with Gasteiger partial charge in [0.15, 0.2) is 5.13 Å². The number of nitrogens with zero attached hydrogens (tertiary/aromatic N) is 2. The second-order valence-corrected chi connectivity index (χ2v) is 5.72. The van der Waals surface area contributed by atoms with Gasteiger partial charge in [-0.15, -0.1) is 0 Å². The van der Waals surface area contributed by atoms with E-state index in [2.05, 4.69) is 28.1 Å². The van der Waals surface area contributed by atoms with Crippen molar-refractivity contribution in [1.29, 1.82) is 0 Å². The summed E-state index contributed by atoms with van der Waals surface area (Å²) in [5.74, 6) is 0. The van der Waals surface area contributed by atoms with Crippen molar-refractivity contribution >= 4 is 26.7 Å². The quantitative estimate of drug-likeness (QED) is 0.906. The van der Waals surface area contributed by atoms with Crippen molar-refractivity contribution in [3.63, 3.8) is 0 Å². The number of hydrogen-bond donors (Lipinski definition) is 1. The lowest BCUT2D eigenvalue weighted by molar-refractivity contribution is 0.343. The highest BCUT2D eigenvalue weighted by Crippen LogP contribution is 2.24. The van der Waals surface area contributed by atoms with Gasteiger partial charge < -0.3 is 10.6 Å². The number of thiazole rings is 1. The first-order valence-corrected chi connectivity index (χ1v) is 7.00. The molecule has 0 amide bonds. The molecular formula is C13H17N3S. The Kier molecular flexibility index (Phi) is 2.99. The van der Waals surface area contributed by atoms with Crippen LogP contribution in [0.4, 0.5) is 5.13 Å². The molecule has 2 heterocycles. The minimum absolute atomic E-state index is 0.664. The summed E-state index contributed by atoms with van der Waals surface area (Å²) in [5, 5.41) is 0.664. The largest absolute Gasteiger partial charge is 0.375 e. The van der Waals surface area contributed by atoms with Crippen LogP contribution in [0.1, 0.15) is 18.4 Å². The molecule has 1 aliphatic rings. The van der Waals surface area contributed by atoms with Crippen LogP contribution < -0.4 is 5.73 Å². The van der Waals surface area contributed by atoms with E-state index in [1.807, 2.05) is 0 Å². The molecule has 0 bridgehead atoms. The summed E-state index contributed by atoms with van der Waals surface area (Å²) in [6, 6.07) is 6.52. The molecule has 3 nitrogen and oxygen atoms in total. The molecule has 0 radical (unpaired) electrons. The van der Waals surface area contributed by atoms with Gasteiger partial charge >= 0.3 is 0 Å². The van der Waals surface area contributed by atoms with Crippen LogP contribution in [-0.4, -0.2) is 29.5 Å². The molecule has 1 fully saturated rings. The van der Waals surface area contributed by atoms with E-state index in [-0.39, 0.29) is 0 Å². The lowest BCUT2D eigenvalue weighted by Crippen LogP contribution is -2.21. The summed E-state index contributed by atoms with van der Waals surface area (Å²) < 4.78 is 1.19. The van der Waals surface area contributed by atoms with Gasteiger partial charge in [-0.2, -0.15) is 0 Å². The molecule has 0 spiro atoms. The molecule has 2 N–H and O–H groups in total. The molecule has 0 atom stereocenters. The number of nitrogen functional groups attached to an aromatic ring is 1. The van der Waals surface area contributed by atoms with E-state index in [1.54, 1.807) is 11.3 Å². The van der Waals surface area contributed by atoms with E-state index in [4.69, 9.17) is 5.73 Å². The Bertz CT molecular complexity index is 514. The summed E-state index contributed by atoms with van der Waals surface area (Å²) in [7, 11) is 0. The Balaban J connectivity index is 1.71. The first kappa shape index (κ1) is 11.0. The van der Waals surface area contributed by atoms with Crippen molar-refractivity contribution in [3.8, 4) is 0 Å². The summed E-state index contributed by atoms with van der Waals surface area (Å²) in [6.07, 6.45) is 3.84. The highest BCUT2D eigenvalue weighted by atomic mass is 32.1. The first-order chi connectivity index (χ1) is 8.31. The van der Waals surface area contributed by atoms with Crippen LogP contribution in [0.25, 0.3) is 10.2 Å². The fourth-order valence-electron chi connectivity index (χ4n) is 2.44. The van der Waals surface area contributed by atoms with Crippen LogP contribution in [0.2, 0.25) is 0 Å². The lowest BCUT2D eigenvalue weighted by Gasteiger charge is -2.13. The Morgan fingerprint density at radius 1 is 1.29 bits per heavy atom. The maximum Gasteiger partial charge on any atom is 0.181 e.